The first-order valence-electron chi connectivity index (χ1n) is 7.94. The number of hydrogen-bond donors (Lipinski definition) is 2. The number of alkyl halides is 6. The number of rotatable bonds is 8. The third-order valence-electron chi connectivity index (χ3n) is 3.76. The quantitative estimate of drug-likeness (QED) is 0.582. The van der Waals surface area contributed by atoms with E-state index in [0.29, 0.717) is 0 Å². The second-order valence-corrected chi connectivity index (χ2v) is 6.65. The van der Waals surface area contributed by atoms with Crippen LogP contribution in [0.2, 0.25) is 0 Å². The van der Waals surface area contributed by atoms with Crippen molar-refractivity contribution in [2.75, 3.05) is 6.61 Å². The van der Waals surface area contributed by atoms with Crippen LogP contribution in [0.4, 0.5) is 30.7 Å². The van der Waals surface area contributed by atoms with Crippen molar-refractivity contribution in [3.05, 3.63) is 51.5 Å². The molecule has 1 aromatic heterocycles. The van der Waals surface area contributed by atoms with Crippen LogP contribution in [0.5, 0.6) is 5.75 Å². The van der Waals surface area contributed by atoms with Gasteiger partial charge in [-0.15, -0.1) is 0 Å². The minimum absolute atomic E-state index is 0.260. The summed E-state index contributed by atoms with van der Waals surface area (Å²) in [7, 11) is 0. The minimum Gasteiger partial charge on any atom is -0.484 e. The van der Waals surface area contributed by atoms with Gasteiger partial charge in [0.15, 0.2) is 6.61 Å². The fourth-order valence-electron chi connectivity index (χ4n) is 2.43. The van der Waals surface area contributed by atoms with Crippen molar-refractivity contribution in [2.45, 2.75) is 31.4 Å². The number of carbonyl (C=O) groups is 1. The molecule has 0 saturated carbocycles. The molecular formula is C17H14F7NO3S. The summed E-state index contributed by atoms with van der Waals surface area (Å²) in [5.74, 6) is -2.91. The molecule has 4 nitrogen and oxygen atoms in total. The van der Waals surface area contributed by atoms with Gasteiger partial charge in [0.1, 0.15) is 17.6 Å². The van der Waals surface area contributed by atoms with E-state index in [0.717, 1.165) is 40.3 Å². The molecule has 2 rings (SSSR count). The topological polar surface area (TPSA) is 58.6 Å². The zero-order chi connectivity index (χ0) is 21.8. The first kappa shape index (κ1) is 22.9. The van der Waals surface area contributed by atoms with Gasteiger partial charge in [-0.2, -0.15) is 37.7 Å². The number of thiophene rings is 1. The van der Waals surface area contributed by atoms with Crippen molar-refractivity contribution in [3.63, 3.8) is 0 Å². The summed E-state index contributed by atoms with van der Waals surface area (Å²) in [4.78, 5) is 11.4. The fraction of sp³-hybridized carbons (Fsp3) is 0.353. The lowest BCUT2D eigenvalue weighted by molar-refractivity contribution is -0.153. The van der Waals surface area contributed by atoms with Crippen LogP contribution in [0.15, 0.2) is 29.0 Å². The summed E-state index contributed by atoms with van der Waals surface area (Å²) in [6, 6.07) is 1.58. The van der Waals surface area contributed by atoms with E-state index in [4.69, 9.17) is 0 Å². The maximum absolute atomic E-state index is 14.0. The average molecular weight is 445 g/mol. The molecule has 1 unspecified atom stereocenters. The Labute approximate surface area is 163 Å². The average Bonchev–Trinajstić information content (AvgIpc) is 3.05. The highest BCUT2D eigenvalue weighted by atomic mass is 32.1. The molecule has 2 N–H and O–H groups in total. The number of carboxylic acid groups (broad SMARTS) is 1. The lowest BCUT2D eigenvalue weighted by Crippen LogP contribution is -2.38. The predicted octanol–water partition coefficient (Wildman–Crippen LogP) is 4.63. The van der Waals surface area contributed by atoms with Gasteiger partial charge in [0.25, 0.3) is 0 Å². The summed E-state index contributed by atoms with van der Waals surface area (Å²) < 4.78 is 94.4. The second kappa shape index (κ2) is 8.99. The van der Waals surface area contributed by atoms with Gasteiger partial charge in [-0.25, -0.2) is 4.39 Å². The summed E-state index contributed by atoms with van der Waals surface area (Å²) in [5, 5.41) is 13.6. The van der Waals surface area contributed by atoms with Crippen LogP contribution in [-0.2, 0) is 23.9 Å². The van der Waals surface area contributed by atoms with Crippen LogP contribution in [-0.4, -0.2) is 29.9 Å². The highest BCUT2D eigenvalue weighted by Crippen LogP contribution is 2.35. The Morgan fingerprint density at radius 1 is 1.17 bits per heavy atom. The van der Waals surface area contributed by atoms with Gasteiger partial charge in [-0.05, 0) is 29.5 Å². The molecule has 1 atom stereocenters. The van der Waals surface area contributed by atoms with Crippen molar-refractivity contribution in [2.24, 2.45) is 0 Å². The molecule has 0 aliphatic heterocycles. The van der Waals surface area contributed by atoms with Gasteiger partial charge in [0, 0.05) is 17.5 Å². The van der Waals surface area contributed by atoms with Crippen molar-refractivity contribution < 1.29 is 45.4 Å². The monoisotopic (exact) mass is 445 g/mol. The van der Waals surface area contributed by atoms with E-state index < -0.39 is 61.1 Å². The van der Waals surface area contributed by atoms with Gasteiger partial charge < -0.3 is 9.84 Å². The van der Waals surface area contributed by atoms with Crippen molar-refractivity contribution in [1.82, 2.24) is 5.32 Å². The van der Waals surface area contributed by atoms with Crippen LogP contribution in [0, 0.1) is 5.82 Å². The molecule has 0 amide bonds. The number of halogens is 7. The largest absolute Gasteiger partial charge is 0.484 e. The maximum Gasteiger partial charge on any atom is 0.422 e. The molecule has 1 heterocycles. The summed E-state index contributed by atoms with van der Waals surface area (Å²) >= 11 is 0.748. The van der Waals surface area contributed by atoms with E-state index in [1.165, 1.54) is 0 Å². The molecule has 0 radical (unpaired) electrons. The lowest BCUT2D eigenvalue weighted by atomic mass is 10.0. The van der Waals surface area contributed by atoms with Gasteiger partial charge in [0.2, 0.25) is 0 Å². The fourth-order valence-corrected chi connectivity index (χ4v) is 3.30. The Bertz CT molecular complexity index is 848. The highest BCUT2D eigenvalue weighted by molar-refractivity contribution is 7.08. The van der Waals surface area contributed by atoms with Crippen molar-refractivity contribution >= 4 is 17.3 Å². The third kappa shape index (κ3) is 6.60. The number of carboxylic acids is 1. The number of benzene rings is 1. The molecule has 2 aromatic rings. The van der Waals surface area contributed by atoms with Gasteiger partial charge in [0.05, 0.1) is 5.56 Å². The molecule has 12 heteroatoms. The Morgan fingerprint density at radius 2 is 1.86 bits per heavy atom. The molecule has 0 saturated heterocycles. The molecule has 0 fully saturated rings. The third-order valence-corrected chi connectivity index (χ3v) is 4.55. The van der Waals surface area contributed by atoms with E-state index in [9.17, 15) is 40.6 Å². The van der Waals surface area contributed by atoms with Crippen LogP contribution in [0.25, 0.3) is 0 Å². The lowest BCUT2D eigenvalue weighted by Gasteiger charge is -2.18. The molecular weight excluding hydrogens is 431 g/mol. The molecule has 0 spiro atoms. The van der Waals surface area contributed by atoms with Crippen LogP contribution in [0.3, 0.4) is 0 Å². The van der Waals surface area contributed by atoms with E-state index in [-0.39, 0.29) is 11.1 Å². The van der Waals surface area contributed by atoms with Gasteiger partial charge in [-0.1, -0.05) is 6.07 Å². The smallest absolute Gasteiger partial charge is 0.422 e. The zero-order valence-corrected chi connectivity index (χ0v) is 15.2. The van der Waals surface area contributed by atoms with E-state index >= 15 is 0 Å². The minimum atomic E-state index is -4.67. The number of nitrogens with one attached hydrogen (secondary N) is 1. The number of aliphatic carboxylic acids is 1. The van der Waals surface area contributed by atoms with Crippen LogP contribution >= 0.6 is 11.3 Å². The molecule has 0 aliphatic carbocycles. The van der Waals surface area contributed by atoms with E-state index in [1.807, 2.05) is 0 Å². The molecule has 0 bridgehead atoms. The first-order valence-corrected chi connectivity index (χ1v) is 8.88. The number of hydrogen-bond acceptors (Lipinski definition) is 4. The SMILES string of the molecule is O=C(O)C(Cc1cscc1C(F)(F)F)NCc1c(F)cccc1OCC(F)(F)F. The Balaban J connectivity index is 2.16. The normalized spacial score (nSPS) is 13.3. The summed E-state index contributed by atoms with van der Waals surface area (Å²) in [6.45, 7) is -2.25. The molecule has 160 valence electrons. The molecule has 0 aliphatic rings. The highest BCUT2D eigenvalue weighted by Gasteiger charge is 2.35. The predicted molar refractivity (Wildman–Crippen MR) is 89.2 cm³/mol. The Hall–Kier alpha value is -2.34. The van der Waals surface area contributed by atoms with Gasteiger partial charge in [-0.3, -0.25) is 10.1 Å². The molecule has 1 aromatic carbocycles. The second-order valence-electron chi connectivity index (χ2n) is 5.90. The molecule has 29 heavy (non-hydrogen) atoms. The zero-order valence-electron chi connectivity index (χ0n) is 14.4. The first-order chi connectivity index (χ1) is 13.4. The van der Waals surface area contributed by atoms with E-state index in [2.05, 4.69) is 10.1 Å². The maximum atomic E-state index is 14.0. The van der Waals surface area contributed by atoms with Gasteiger partial charge >= 0.3 is 18.3 Å². The van der Waals surface area contributed by atoms with E-state index in [1.54, 1.807) is 0 Å². The standard InChI is InChI=1S/C17H14F7NO3S/c18-12-2-1-3-14(28-8-16(19,20)21)10(12)5-25-13(15(26)27)4-9-6-29-7-11(9)17(22,23)24/h1-3,6-7,13,25H,4-5,8H2,(H,26,27). The number of ether oxygens (including phenoxy) is 1. The Kier molecular flexibility index (Phi) is 7.11. The Morgan fingerprint density at radius 3 is 2.45 bits per heavy atom. The van der Waals surface area contributed by atoms with Crippen LogP contribution in [0.1, 0.15) is 16.7 Å². The summed E-state index contributed by atoms with van der Waals surface area (Å²) in [5.41, 5.74) is -1.61. The summed E-state index contributed by atoms with van der Waals surface area (Å²) in [6.07, 6.45) is -9.89. The van der Waals surface area contributed by atoms with Crippen molar-refractivity contribution in [3.8, 4) is 5.75 Å². The van der Waals surface area contributed by atoms with Crippen LogP contribution < -0.4 is 10.1 Å². The van der Waals surface area contributed by atoms with Crippen molar-refractivity contribution in [1.29, 1.82) is 0 Å².